The zero-order valence-electron chi connectivity index (χ0n) is 58.6. The van der Waals surface area contributed by atoms with Gasteiger partial charge in [-0.3, -0.25) is 4.79 Å². The van der Waals surface area contributed by atoms with E-state index in [0.29, 0.717) is 12.8 Å². The summed E-state index contributed by atoms with van der Waals surface area (Å²) in [5.74, 6) is -0.284. The second-order valence-electron chi connectivity index (χ2n) is 26.7. The second kappa shape index (κ2) is 56.9. The quantitative estimate of drug-likeness (QED) is 0.0199. The van der Waals surface area contributed by atoms with Crippen LogP contribution in [0, 0.1) is 0 Å². The van der Waals surface area contributed by atoms with Crippen LogP contribution >= 0.6 is 0 Å². The van der Waals surface area contributed by atoms with Crippen LogP contribution in [0.2, 0.25) is 0 Å². The highest BCUT2D eigenvalue weighted by Gasteiger charge is 2.53. The molecular weight excluding hydrogens is 1210 g/mol. The first-order valence-electron chi connectivity index (χ1n) is 37.7. The fourth-order valence-electron chi connectivity index (χ4n) is 12.4. The summed E-state index contributed by atoms with van der Waals surface area (Å²) in [7, 11) is 0. The lowest BCUT2D eigenvalue weighted by molar-refractivity contribution is -0.379. The minimum atomic E-state index is -1.98. The highest BCUT2D eigenvalue weighted by atomic mass is 16.8. The summed E-state index contributed by atoms with van der Waals surface area (Å²) in [6, 6.07) is -0.990. The van der Waals surface area contributed by atoms with Crippen LogP contribution < -0.4 is 5.32 Å². The first kappa shape index (κ1) is 86.5. The maximum Gasteiger partial charge on any atom is 0.220 e. The molecule has 3 heterocycles. The largest absolute Gasteiger partial charge is 0.394 e. The van der Waals surface area contributed by atoms with E-state index in [1.165, 1.54) is 173 Å². The molecule has 0 aliphatic carbocycles. The topological polar surface area (TPSA) is 307 Å². The van der Waals surface area contributed by atoms with E-state index in [9.17, 15) is 61.0 Å². The van der Waals surface area contributed by atoms with E-state index in [-0.39, 0.29) is 18.9 Å². The maximum atomic E-state index is 13.4. The Bertz CT molecular complexity index is 2000. The monoisotopic (exact) mass is 1350 g/mol. The van der Waals surface area contributed by atoms with Gasteiger partial charge < -0.3 is 89.9 Å². The van der Waals surface area contributed by atoms with Gasteiger partial charge in [0.2, 0.25) is 5.91 Å². The van der Waals surface area contributed by atoms with Crippen LogP contribution in [-0.4, -0.2) is 193 Å². The lowest BCUT2D eigenvalue weighted by Gasteiger charge is -2.48. The molecule has 12 N–H and O–H groups in total. The summed E-state index contributed by atoms with van der Waals surface area (Å²) in [6.45, 7) is 1.59. The minimum Gasteiger partial charge on any atom is -0.394 e. The third-order valence-corrected chi connectivity index (χ3v) is 18.5. The lowest BCUT2D eigenvalue weighted by atomic mass is 9.96. The molecule has 0 aromatic rings. The Morgan fingerprint density at radius 1 is 0.389 bits per heavy atom. The summed E-state index contributed by atoms with van der Waals surface area (Å²) in [5, 5.41) is 120. The molecule has 1 amide bonds. The molecule has 0 spiro atoms. The fraction of sp³-hybridized carbons (Fsp3) is 0.829. The minimum absolute atomic E-state index is 0.237. The van der Waals surface area contributed by atoms with Crippen molar-refractivity contribution in [1.82, 2.24) is 5.32 Å². The zero-order valence-corrected chi connectivity index (χ0v) is 58.6. The van der Waals surface area contributed by atoms with E-state index in [4.69, 9.17) is 28.4 Å². The van der Waals surface area contributed by atoms with E-state index in [1.807, 2.05) is 6.08 Å². The zero-order chi connectivity index (χ0) is 68.9. The number of amides is 1. The van der Waals surface area contributed by atoms with Gasteiger partial charge >= 0.3 is 0 Å². The Morgan fingerprint density at radius 3 is 1.18 bits per heavy atom. The summed E-state index contributed by atoms with van der Waals surface area (Å²) < 4.78 is 34.3. The number of hydrogen-bond donors (Lipinski definition) is 12. The molecule has 0 radical (unpaired) electrons. The van der Waals surface area contributed by atoms with Crippen LogP contribution in [0.5, 0.6) is 0 Å². The predicted octanol–water partition coefficient (Wildman–Crippen LogP) is 11.3. The van der Waals surface area contributed by atoms with Crippen molar-refractivity contribution in [3.05, 3.63) is 72.9 Å². The van der Waals surface area contributed by atoms with Crippen molar-refractivity contribution >= 4 is 5.91 Å². The molecule has 3 aliphatic heterocycles. The number of ether oxygens (including phenoxy) is 6. The summed E-state index contributed by atoms with van der Waals surface area (Å²) in [4.78, 5) is 13.4. The summed E-state index contributed by atoms with van der Waals surface area (Å²) in [6.07, 6.45) is 46.3. The Morgan fingerprint density at radius 2 is 0.737 bits per heavy atom. The summed E-state index contributed by atoms with van der Waals surface area (Å²) in [5.41, 5.74) is 0. The summed E-state index contributed by atoms with van der Waals surface area (Å²) >= 11 is 0. The van der Waals surface area contributed by atoms with Gasteiger partial charge in [-0.05, 0) is 70.6 Å². The number of allylic oxidation sites excluding steroid dienone is 11. The predicted molar refractivity (Wildman–Crippen MR) is 374 cm³/mol. The van der Waals surface area contributed by atoms with Crippen LogP contribution in [0.3, 0.4) is 0 Å². The average molecular weight is 1350 g/mol. The molecule has 0 aromatic heterocycles. The van der Waals surface area contributed by atoms with Gasteiger partial charge in [0.15, 0.2) is 18.9 Å². The van der Waals surface area contributed by atoms with Crippen molar-refractivity contribution in [3.8, 4) is 0 Å². The first-order chi connectivity index (χ1) is 46.3. The third kappa shape index (κ3) is 38.0. The molecule has 17 unspecified atom stereocenters. The number of carbonyl (C=O) groups excluding carboxylic acids is 1. The second-order valence-corrected chi connectivity index (χ2v) is 26.7. The molecule has 17 atom stereocenters. The molecular formula is C76H135NO18. The number of aliphatic hydroxyl groups excluding tert-OH is 11. The smallest absolute Gasteiger partial charge is 0.220 e. The Labute approximate surface area is 572 Å². The van der Waals surface area contributed by atoms with Gasteiger partial charge in [0.05, 0.1) is 38.6 Å². The van der Waals surface area contributed by atoms with Crippen molar-refractivity contribution in [2.24, 2.45) is 0 Å². The molecule has 0 aromatic carbocycles. The van der Waals surface area contributed by atoms with Crippen molar-refractivity contribution in [1.29, 1.82) is 0 Å². The molecule has 19 nitrogen and oxygen atoms in total. The van der Waals surface area contributed by atoms with Crippen LogP contribution in [0.25, 0.3) is 0 Å². The molecule has 19 heteroatoms. The van der Waals surface area contributed by atoms with E-state index in [1.54, 1.807) is 6.08 Å². The van der Waals surface area contributed by atoms with Crippen molar-refractivity contribution in [2.45, 2.75) is 375 Å². The number of nitrogens with one attached hydrogen (secondary N) is 1. The third-order valence-electron chi connectivity index (χ3n) is 18.5. The first-order valence-corrected chi connectivity index (χ1v) is 37.7. The fourth-order valence-corrected chi connectivity index (χ4v) is 12.4. The SMILES string of the molecule is CC/C=C\C/C=C\C/C=C\C/C=C\CCCCCCCCCCCCCCCCCCCCCCCCCCC(=O)NC(COC1OC(CO)C(OC2OC(CO)C(OC3OC(CO)C(O)C(O)C3O)C(O)C2O)C(O)C1O)C(O)/C=C/CC/C=C/CCCCCCCCC. The number of carbonyl (C=O) groups is 1. The van der Waals surface area contributed by atoms with E-state index >= 15 is 0 Å². The average Bonchev–Trinajstić information content (AvgIpc) is 0.791. The van der Waals surface area contributed by atoms with E-state index in [2.05, 4.69) is 79.9 Å². The maximum absolute atomic E-state index is 13.4. The molecule has 0 saturated carbocycles. The van der Waals surface area contributed by atoms with Crippen molar-refractivity contribution in [2.75, 3.05) is 26.4 Å². The Balaban J connectivity index is 1.31. The molecule has 3 aliphatic rings. The van der Waals surface area contributed by atoms with Crippen molar-refractivity contribution < 1.29 is 89.4 Å². The molecule has 3 fully saturated rings. The van der Waals surface area contributed by atoms with Crippen LogP contribution in [0.4, 0.5) is 0 Å². The Hall–Kier alpha value is -2.77. The number of unbranched alkanes of at least 4 members (excludes halogenated alkanes) is 32. The number of rotatable bonds is 58. The molecule has 95 heavy (non-hydrogen) atoms. The van der Waals surface area contributed by atoms with Gasteiger partial charge in [0.1, 0.15) is 73.2 Å². The van der Waals surface area contributed by atoms with Gasteiger partial charge in [-0.2, -0.15) is 0 Å². The lowest BCUT2D eigenvalue weighted by Crippen LogP contribution is -2.66. The highest BCUT2D eigenvalue weighted by molar-refractivity contribution is 5.76. The normalized spacial score (nSPS) is 27.6. The van der Waals surface area contributed by atoms with Gasteiger partial charge in [-0.15, -0.1) is 0 Å². The van der Waals surface area contributed by atoms with Crippen LogP contribution in [-0.2, 0) is 33.2 Å². The Kier molecular flexibility index (Phi) is 51.8. The van der Waals surface area contributed by atoms with E-state index in [0.717, 1.165) is 64.2 Å². The van der Waals surface area contributed by atoms with Crippen LogP contribution in [0.15, 0.2) is 72.9 Å². The van der Waals surface area contributed by atoms with E-state index < -0.39 is 124 Å². The molecule has 3 rings (SSSR count). The standard InChI is InChI=1S/C76H135NO18/c1-3-5-7-9-11-13-15-17-18-19-20-21-22-23-24-25-26-27-28-29-30-31-32-33-34-35-36-37-38-39-40-42-44-46-48-50-52-54-64(82)77-59(60(81)53-51-49-47-45-43-41-16-14-12-10-8-6-4-2)58-90-74-70(88)67(85)72(62(56-79)92-74)95-76-71(89)68(86)73(63(57-80)93-76)94-75-69(87)66(84)65(83)61(55-78)91-75/h5,7,11,13,17-18,20-21,43,45,51,53,59-63,65-76,78-81,83-89H,3-4,6,8-10,12,14-16,19,22-42,44,46-50,52,54-58H2,1-2H3,(H,77,82)/b7-5-,13-11-,18-17-,21-20-,45-43+,53-51+. The highest BCUT2D eigenvalue weighted by Crippen LogP contribution is 2.33. The number of hydrogen-bond acceptors (Lipinski definition) is 18. The van der Waals surface area contributed by atoms with Gasteiger partial charge in [0.25, 0.3) is 0 Å². The molecule has 3 saturated heterocycles. The molecule has 552 valence electrons. The van der Waals surface area contributed by atoms with Gasteiger partial charge in [-0.25, -0.2) is 0 Å². The van der Waals surface area contributed by atoms with Crippen LogP contribution in [0.1, 0.15) is 271 Å². The number of aliphatic hydroxyl groups is 11. The van der Waals surface area contributed by atoms with Gasteiger partial charge in [-0.1, -0.05) is 267 Å². The van der Waals surface area contributed by atoms with Gasteiger partial charge in [0, 0.05) is 6.42 Å². The molecule has 0 bridgehead atoms. The van der Waals surface area contributed by atoms with Crippen molar-refractivity contribution in [3.63, 3.8) is 0 Å².